The molecule has 160 valence electrons. The van der Waals surface area contributed by atoms with E-state index < -0.39 is 5.97 Å². The number of hydrogen-bond donors (Lipinski definition) is 0. The van der Waals surface area contributed by atoms with Crippen molar-refractivity contribution in [1.29, 1.82) is 0 Å². The molecule has 0 aliphatic carbocycles. The lowest BCUT2D eigenvalue weighted by molar-refractivity contribution is 0.0520. The number of nitrogens with zero attached hydrogens (tertiary/aromatic N) is 2. The van der Waals surface area contributed by atoms with Gasteiger partial charge in [-0.1, -0.05) is 48.5 Å². The Balaban J connectivity index is 1.49. The maximum atomic E-state index is 13.3. The topological polar surface area (TPSA) is 72.6 Å². The molecule has 2 heterocycles. The monoisotopic (exact) mass is 418 g/mol. The van der Waals surface area contributed by atoms with Crippen LogP contribution in [-0.2, 0) is 11.2 Å². The first-order valence-corrected chi connectivity index (χ1v) is 10.7. The number of oxazole rings is 1. The van der Waals surface area contributed by atoms with Crippen molar-refractivity contribution < 1.29 is 18.7 Å². The predicted octanol–water partition coefficient (Wildman–Crippen LogP) is 4.61. The van der Waals surface area contributed by atoms with Crippen LogP contribution in [0.25, 0.3) is 11.3 Å². The first-order chi connectivity index (χ1) is 15.2. The number of benzene rings is 2. The third kappa shape index (κ3) is 4.68. The average molecular weight is 418 g/mol. The Bertz CT molecular complexity index is 1040. The standard InChI is InChI=1S/C25H26N2O4/c1-2-30-25(29)22-23(31-17-26-22)20-10-6-7-11-21(20)24(28)27-14-12-19(13-15-27)16-18-8-4-3-5-9-18/h3-11,17,19H,2,12-16H2,1H3. The second-order valence-electron chi connectivity index (χ2n) is 7.72. The zero-order valence-electron chi connectivity index (χ0n) is 17.6. The number of esters is 1. The number of piperidine rings is 1. The third-order valence-electron chi connectivity index (χ3n) is 5.71. The molecule has 6 nitrogen and oxygen atoms in total. The van der Waals surface area contributed by atoms with Crippen LogP contribution in [0.5, 0.6) is 0 Å². The Morgan fingerprint density at radius 1 is 1.06 bits per heavy atom. The van der Waals surface area contributed by atoms with Gasteiger partial charge in [-0.3, -0.25) is 4.79 Å². The van der Waals surface area contributed by atoms with Crippen LogP contribution in [0.1, 0.15) is 46.2 Å². The van der Waals surface area contributed by atoms with Crippen LogP contribution in [-0.4, -0.2) is 41.5 Å². The van der Waals surface area contributed by atoms with E-state index in [1.165, 1.54) is 12.0 Å². The van der Waals surface area contributed by atoms with Gasteiger partial charge in [-0.25, -0.2) is 9.78 Å². The maximum absolute atomic E-state index is 13.3. The van der Waals surface area contributed by atoms with Gasteiger partial charge >= 0.3 is 5.97 Å². The van der Waals surface area contributed by atoms with Crippen molar-refractivity contribution in [3.8, 4) is 11.3 Å². The number of ether oxygens (including phenoxy) is 1. The lowest BCUT2D eigenvalue weighted by atomic mass is 9.89. The van der Waals surface area contributed by atoms with Crippen LogP contribution >= 0.6 is 0 Å². The van der Waals surface area contributed by atoms with E-state index in [1.54, 1.807) is 19.1 Å². The van der Waals surface area contributed by atoms with E-state index in [2.05, 4.69) is 29.2 Å². The fourth-order valence-corrected chi connectivity index (χ4v) is 4.11. The molecule has 1 saturated heterocycles. The van der Waals surface area contributed by atoms with Crippen molar-refractivity contribution in [2.24, 2.45) is 5.92 Å². The fourth-order valence-electron chi connectivity index (χ4n) is 4.11. The molecule has 1 aliphatic rings. The highest BCUT2D eigenvalue weighted by Gasteiger charge is 2.28. The molecule has 1 aromatic heterocycles. The second-order valence-corrected chi connectivity index (χ2v) is 7.72. The Labute approximate surface area is 181 Å². The average Bonchev–Trinajstić information content (AvgIpc) is 3.30. The van der Waals surface area contributed by atoms with Crippen LogP contribution in [0.15, 0.2) is 65.4 Å². The lowest BCUT2D eigenvalue weighted by Crippen LogP contribution is -2.39. The molecular formula is C25H26N2O4. The van der Waals surface area contributed by atoms with Crippen molar-refractivity contribution >= 4 is 11.9 Å². The van der Waals surface area contributed by atoms with Crippen molar-refractivity contribution in [3.05, 3.63) is 77.8 Å². The molecule has 0 bridgehead atoms. The highest BCUT2D eigenvalue weighted by molar-refractivity contribution is 6.03. The minimum atomic E-state index is -0.560. The van der Waals surface area contributed by atoms with Crippen LogP contribution in [0.3, 0.4) is 0 Å². The van der Waals surface area contributed by atoms with Gasteiger partial charge in [0.25, 0.3) is 5.91 Å². The van der Waals surface area contributed by atoms with E-state index in [4.69, 9.17) is 9.15 Å². The molecule has 0 unspecified atom stereocenters. The predicted molar refractivity (Wildman–Crippen MR) is 117 cm³/mol. The minimum absolute atomic E-state index is 0.0556. The van der Waals surface area contributed by atoms with Gasteiger partial charge in [0, 0.05) is 18.7 Å². The first kappa shape index (κ1) is 20.8. The largest absolute Gasteiger partial charge is 0.461 e. The number of carbonyl (C=O) groups excluding carboxylic acids is 2. The maximum Gasteiger partial charge on any atom is 0.360 e. The summed E-state index contributed by atoms with van der Waals surface area (Å²) in [7, 11) is 0. The van der Waals surface area contributed by atoms with Gasteiger partial charge in [0.2, 0.25) is 0 Å². The summed E-state index contributed by atoms with van der Waals surface area (Å²) < 4.78 is 10.6. The number of carbonyl (C=O) groups is 2. The van der Waals surface area contributed by atoms with E-state index in [0.29, 0.717) is 30.1 Å². The molecule has 3 aromatic rings. The number of amides is 1. The van der Waals surface area contributed by atoms with Gasteiger partial charge in [0.15, 0.2) is 17.8 Å². The van der Waals surface area contributed by atoms with Gasteiger partial charge in [-0.15, -0.1) is 0 Å². The summed E-state index contributed by atoms with van der Waals surface area (Å²) in [6, 6.07) is 17.7. The quantitative estimate of drug-likeness (QED) is 0.547. The SMILES string of the molecule is CCOC(=O)c1ncoc1-c1ccccc1C(=O)N1CCC(Cc2ccccc2)CC1. The minimum Gasteiger partial charge on any atom is -0.461 e. The number of rotatable bonds is 6. The van der Waals surface area contributed by atoms with Crippen molar-refractivity contribution in [2.75, 3.05) is 19.7 Å². The molecule has 0 atom stereocenters. The van der Waals surface area contributed by atoms with Gasteiger partial charge < -0.3 is 14.1 Å². The van der Waals surface area contributed by atoms with E-state index >= 15 is 0 Å². The van der Waals surface area contributed by atoms with Gasteiger partial charge in [-0.2, -0.15) is 0 Å². The molecule has 4 rings (SSSR count). The highest BCUT2D eigenvalue weighted by atomic mass is 16.5. The molecule has 1 amide bonds. The van der Waals surface area contributed by atoms with Gasteiger partial charge in [-0.05, 0) is 43.7 Å². The van der Waals surface area contributed by atoms with Crippen molar-refractivity contribution in [2.45, 2.75) is 26.2 Å². The van der Waals surface area contributed by atoms with Crippen molar-refractivity contribution in [1.82, 2.24) is 9.88 Å². The van der Waals surface area contributed by atoms with Gasteiger partial charge in [0.1, 0.15) is 0 Å². The molecule has 1 fully saturated rings. The Morgan fingerprint density at radius 3 is 2.52 bits per heavy atom. The summed E-state index contributed by atoms with van der Waals surface area (Å²) in [6.45, 7) is 3.40. The van der Waals surface area contributed by atoms with E-state index in [0.717, 1.165) is 19.3 Å². The van der Waals surface area contributed by atoms with Crippen LogP contribution < -0.4 is 0 Å². The molecule has 6 heteroatoms. The zero-order chi connectivity index (χ0) is 21.6. The molecule has 2 aromatic carbocycles. The van der Waals surface area contributed by atoms with E-state index in [1.807, 2.05) is 23.1 Å². The summed E-state index contributed by atoms with van der Waals surface area (Å²) in [5, 5.41) is 0. The number of aromatic nitrogens is 1. The normalized spacial score (nSPS) is 14.4. The van der Waals surface area contributed by atoms with Crippen LogP contribution in [0, 0.1) is 5.92 Å². The van der Waals surface area contributed by atoms with Crippen molar-refractivity contribution in [3.63, 3.8) is 0 Å². The Morgan fingerprint density at radius 2 is 1.77 bits per heavy atom. The molecule has 0 spiro atoms. The molecule has 1 aliphatic heterocycles. The lowest BCUT2D eigenvalue weighted by Gasteiger charge is -2.32. The number of hydrogen-bond acceptors (Lipinski definition) is 5. The molecule has 31 heavy (non-hydrogen) atoms. The summed E-state index contributed by atoms with van der Waals surface area (Å²) in [6.07, 6.45) is 4.19. The molecule has 0 N–H and O–H groups in total. The molecular weight excluding hydrogens is 392 g/mol. The summed E-state index contributed by atoms with van der Waals surface area (Å²) in [5.74, 6) is 0.225. The molecule has 0 saturated carbocycles. The summed E-state index contributed by atoms with van der Waals surface area (Å²) in [4.78, 5) is 31.5. The first-order valence-electron chi connectivity index (χ1n) is 10.7. The third-order valence-corrected chi connectivity index (χ3v) is 5.71. The van der Waals surface area contributed by atoms with Crippen LogP contribution in [0.4, 0.5) is 0 Å². The summed E-state index contributed by atoms with van der Waals surface area (Å²) in [5.41, 5.74) is 2.49. The van der Waals surface area contributed by atoms with E-state index in [9.17, 15) is 9.59 Å². The van der Waals surface area contributed by atoms with E-state index in [-0.39, 0.29) is 24.0 Å². The molecule has 0 radical (unpaired) electrons. The Kier molecular flexibility index (Phi) is 6.46. The highest BCUT2D eigenvalue weighted by Crippen LogP contribution is 2.30. The number of likely N-dealkylation sites (tertiary alicyclic amines) is 1. The van der Waals surface area contributed by atoms with Gasteiger partial charge in [0.05, 0.1) is 12.2 Å². The fraction of sp³-hybridized carbons (Fsp3) is 0.320. The smallest absolute Gasteiger partial charge is 0.360 e. The summed E-state index contributed by atoms with van der Waals surface area (Å²) >= 11 is 0. The zero-order valence-corrected chi connectivity index (χ0v) is 17.6. The van der Waals surface area contributed by atoms with Crippen LogP contribution in [0.2, 0.25) is 0 Å². The Hall–Kier alpha value is -3.41. The second kappa shape index (κ2) is 9.60.